The Morgan fingerprint density at radius 3 is 2.58 bits per heavy atom. The lowest BCUT2D eigenvalue weighted by Crippen LogP contribution is -2.30. The van der Waals surface area contributed by atoms with E-state index in [4.69, 9.17) is 15.2 Å². The first-order valence-corrected chi connectivity index (χ1v) is 6.30. The zero-order chi connectivity index (χ0) is 14.3. The van der Waals surface area contributed by atoms with Crippen LogP contribution in [0.25, 0.3) is 0 Å². The lowest BCUT2D eigenvalue weighted by Gasteiger charge is -2.10. The highest BCUT2D eigenvalue weighted by atomic mass is 16.5. The molecule has 0 spiro atoms. The molecular formula is C14H22N2O3. The maximum Gasteiger partial charge on any atom is 0.224 e. The third-order valence-corrected chi connectivity index (χ3v) is 2.73. The van der Waals surface area contributed by atoms with Crippen LogP contribution in [0.15, 0.2) is 18.2 Å². The normalized spacial score (nSPS) is 11.8. The molecule has 1 rings (SSSR count). The third kappa shape index (κ3) is 5.18. The van der Waals surface area contributed by atoms with E-state index in [-0.39, 0.29) is 11.9 Å². The molecule has 1 aromatic carbocycles. The van der Waals surface area contributed by atoms with Gasteiger partial charge < -0.3 is 20.5 Å². The Morgan fingerprint density at radius 1 is 1.32 bits per heavy atom. The van der Waals surface area contributed by atoms with E-state index >= 15 is 0 Å². The van der Waals surface area contributed by atoms with Crippen LogP contribution >= 0.6 is 0 Å². The highest BCUT2D eigenvalue weighted by Crippen LogP contribution is 2.27. The summed E-state index contributed by atoms with van der Waals surface area (Å²) in [5.41, 5.74) is 6.50. The molecule has 1 atom stereocenters. The smallest absolute Gasteiger partial charge is 0.224 e. The van der Waals surface area contributed by atoms with Gasteiger partial charge in [-0.1, -0.05) is 6.07 Å². The molecule has 5 nitrogen and oxygen atoms in total. The zero-order valence-corrected chi connectivity index (χ0v) is 11.7. The third-order valence-electron chi connectivity index (χ3n) is 2.73. The predicted octanol–water partition coefficient (Wildman–Crippen LogP) is 1.10. The Morgan fingerprint density at radius 2 is 2.00 bits per heavy atom. The van der Waals surface area contributed by atoms with Crippen molar-refractivity contribution in [3.05, 3.63) is 23.8 Å². The summed E-state index contributed by atoms with van der Waals surface area (Å²) in [7, 11) is 3.16. The second-order valence-electron chi connectivity index (χ2n) is 4.48. The van der Waals surface area contributed by atoms with Crippen molar-refractivity contribution in [2.45, 2.75) is 25.8 Å². The average molecular weight is 266 g/mol. The fourth-order valence-corrected chi connectivity index (χ4v) is 1.68. The minimum absolute atomic E-state index is 0.0205. The van der Waals surface area contributed by atoms with Crippen molar-refractivity contribution in [2.75, 3.05) is 20.8 Å². The second-order valence-corrected chi connectivity index (χ2v) is 4.48. The van der Waals surface area contributed by atoms with Crippen molar-refractivity contribution in [1.82, 2.24) is 5.32 Å². The fourth-order valence-electron chi connectivity index (χ4n) is 1.68. The molecule has 0 radical (unpaired) electrons. The summed E-state index contributed by atoms with van der Waals surface area (Å²) in [6.45, 7) is 2.52. The Labute approximate surface area is 114 Å². The van der Waals surface area contributed by atoms with Crippen molar-refractivity contribution in [3.8, 4) is 11.5 Å². The van der Waals surface area contributed by atoms with Crippen LogP contribution in [-0.4, -0.2) is 32.7 Å². The van der Waals surface area contributed by atoms with Crippen LogP contribution in [-0.2, 0) is 11.2 Å². The molecular weight excluding hydrogens is 244 g/mol. The van der Waals surface area contributed by atoms with Crippen molar-refractivity contribution >= 4 is 5.91 Å². The van der Waals surface area contributed by atoms with Gasteiger partial charge in [-0.05, 0) is 31.0 Å². The molecule has 3 N–H and O–H groups in total. The van der Waals surface area contributed by atoms with Crippen molar-refractivity contribution in [2.24, 2.45) is 5.73 Å². The highest BCUT2D eigenvalue weighted by Gasteiger charge is 2.08. The van der Waals surface area contributed by atoms with Gasteiger partial charge in [0.05, 0.1) is 20.6 Å². The number of carbonyl (C=O) groups excluding carboxylic acids is 1. The van der Waals surface area contributed by atoms with Gasteiger partial charge in [0.25, 0.3) is 0 Å². The van der Waals surface area contributed by atoms with Crippen LogP contribution < -0.4 is 20.5 Å². The molecule has 5 heteroatoms. The quantitative estimate of drug-likeness (QED) is 0.775. The van der Waals surface area contributed by atoms with Gasteiger partial charge in [0.2, 0.25) is 5.91 Å². The molecule has 0 aromatic heterocycles. The molecule has 0 saturated heterocycles. The Hall–Kier alpha value is -1.75. The molecule has 1 amide bonds. The van der Waals surface area contributed by atoms with E-state index in [9.17, 15) is 4.79 Å². The first-order valence-electron chi connectivity index (χ1n) is 6.30. The largest absolute Gasteiger partial charge is 0.493 e. The van der Waals surface area contributed by atoms with Crippen LogP contribution in [0.5, 0.6) is 11.5 Å². The summed E-state index contributed by atoms with van der Waals surface area (Å²) >= 11 is 0. The number of rotatable bonds is 7. The maximum atomic E-state index is 11.7. The van der Waals surface area contributed by atoms with Gasteiger partial charge in [-0.15, -0.1) is 0 Å². The second kappa shape index (κ2) is 7.63. The minimum atomic E-state index is -0.0205. The summed E-state index contributed by atoms with van der Waals surface area (Å²) in [6.07, 6.45) is 1.09. The minimum Gasteiger partial charge on any atom is -0.493 e. The number of carbonyl (C=O) groups is 1. The standard InChI is InChI=1S/C14H22N2O3/c1-10(15)6-7-16-14(17)9-11-4-5-12(18-2)13(8-11)19-3/h4-5,8,10H,6-7,9,15H2,1-3H3,(H,16,17). The molecule has 0 aliphatic carbocycles. The first-order chi connectivity index (χ1) is 9.06. The van der Waals surface area contributed by atoms with Crippen molar-refractivity contribution in [3.63, 3.8) is 0 Å². The van der Waals surface area contributed by atoms with E-state index in [0.29, 0.717) is 24.5 Å². The van der Waals surface area contributed by atoms with E-state index in [2.05, 4.69) is 5.32 Å². The summed E-state index contributed by atoms with van der Waals surface area (Å²) < 4.78 is 10.3. The first kappa shape index (κ1) is 15.3. The SMILES string of the molecule is COc1ccc(CC(=O)NCCC(C)N)cc1OC. The van der Waals surface area contributed by atoms with Crippen LogP contribution in [0.1, 0.15) is 18.9 Å². The van der Waals surface area contributed by atoms with Crippen LogP contribution in [0, 0.1) is 0 Å². The van der Waals surface area contributed by atoms with Gasteiger partial charge in [0, 0.05) is 12.6 Å². The van der Waals surface area contributed by atoms with Crippen molar-refractivity contribution < 1.29 is 14.3 Å². The molecule has 0 heterocycles. The Kier molecular flexibility index (Phi) is 6.15. The van der Waals surface area contributed by atoms with E-state index in [1.807, 2.05) is 19.1 Å². The number of nitrogens with two attached hydrogens (primary N) is 1. The predicted molar refractivity (Wildman–Crippen MR) is 74.5 cm³/mol. The summed E-state index contributed by atoms with van der Waals surface area (Å²) in [6, 6.07) is 5.56. The molecule has 0 aliphatic rings. The van der Waals surface area contributed by atoms with Crippen molar-refractivity contribution in [1.29, 1.82) is 0 Å². The zero-order valence-electron chi connectivity index (χ0n) is 11.7. The number of ether oxygens (including phenoxy) is 2. The fraction of sp³-hybridized carbons (Fsp3) is 0.500. The van der Waals surface area contributed by atoms with Crippen LogP contribution in [0.4, 0.5) is 0 Å². The highest BCUT2D eigenvalue weighted by molar-refractivity contribution is 5.78. The van der Waals surface area contributed by atoms with E-state index < -0.39 is 0 Å². The maximum absolute atomic E-state index is 11.7. The van der Waals surface area contributed by atoms with E-state index in [1.54, 1.807) is 20.3 Å². The van der Waals surface area contributed by atoms with E-state index in [1.165, 1.54) is 0 Å². The molecule has 1 unspecified atom stereocenters. The van der Waals surface area contributed by atoms with Gasteiger partial charge in [-0.2, -0.15) is 0 Å². The molecule has 0 saturated carbocycles. The summed E-state index contributed by atoms with van der Waals surface area (Å²) in [5, 5.41) is 2.84. The lowest BCUT2D eigenvalue weighted by molar-refractivity contribution is -0.120. The Bertz CT molecular complexity index is 419. The Balaban J connectivity index is 2.54. The number of hydrogen-bond acceptors (Lipinski definition) is 4. The number of benzene rings is 1. The van der Waals surface area contributed by atoms with Gasteiger partial charge in [-0.25, -0.2) is 0 Å². The lowest BCUT2D eigenvalue weighted by atomic mass is 10.1. The van der Waals surface area contributed by atoms with Gasteiger partial charge in [-0.3, -0.25) is 4.79 Å². The summed E-state index contributed by atoms with van der Waals surface area (Å²) in [4.78, 5) is 11.7. The number of hydrogen-bond donors (Lipinski definition) is 2. The summed E-state index contributed by atoms with van der Waals surface area (Å²) in [5.74, 6) is 1.26. The number of methoxy groups -OCH3 is 2. The number of nitrogens with one attached hydrogen (secondary N) is 1. The van der Waals surface area contributed by atoms with Crippen LogP contribution in [0.3, 0.4) is 0 Å². The van der Waals surface area contributed by atoms with Gasteiger partial charge >= 0.3 is 0 Å². The monoisotopic (exact) mass is 266 g/mol. The average Bonchev–Trinajstić information content (AvgIpc) is 2.38. The number of amides is 1. The van der Waals surface area contributed by atoms with Crippen LogP contribution in [0.2, 0.25) is 0 Å². The van der Waals surface area contributed by atoms with Gasteiger partial charge in [0.1, 0.15) is 0 Å². The molecule has 19 heavy (non-hydrogen) atoms. The molecule has 0 fully saturated rings. The molecule has 0 bridgehead atoms. The molecule has 1 aromatic rings. The van der Waals surface area contributed by atoms with Gasteiger partial charge in [0.15, 0.2) is 11.5 Å². The topological polar surface area (TPSA) is 73.6 Å². The molecule has 106 valence electrons. The van der Waals surface area contributed by atoms with E-state index in [0.717, 1.165) is 12.0 Å². The molecule has 0 aliphatic heterocycles.